The first-order chi connectivity index (χ1) is 16.7. The van der Waals surface area contributed by atoms with Crippen molar-refractivity contribution in [3.63, 3.8) is 0 Å². The molecular formula is C27H34N6OS. The number of carbonyl (C=O) groups excluding carboxylic acids is 1. The van der Waals surface area contributed by atoms with Crippen LogP contribution in [0, 0.1) is 20.8 Å². The molecule has 6 rings (SSSR count). The lowest BCUT2D eigenvalue weighted by Gasteiger charge is -2.38. The zero-order chi connectivity index (χ0) is 24.6. The molecule has 0 spiro atoms. The van der Waals surface area contributed by atoms with E-state index in [-0.39, 0.29) is 5.91 Å². The van der Waals surface area contributed by atoms with E-state index in [0.717, 1.165) is 18.5 Å². The first-order valence-corrected chi connectivity index (χ1v) is 13.5. The summed E-state index contributed by atoms with van der Waals surface area (Å²) in [5.74, 6) is 0.741. The van der Waals surface area contributed by atoms with Crippen molar-refractivity contribution in [3.8, 4) is 11.3 Å². The summed E-state index contributed by atoms with van der Waals surface area (Å²) in [6.07, 6.45) is 8.36. The van der Waals surface area contributed by atoms with Gasteiger partial charge in [0, 0.05) is 34.1 Å². The Labute approximate surface area is 209 Å². The molecule has 6 heterocycles. The monoisotopic (exact) mass is 490 g/mol. The summed E-state index contributed by atoms with van der Waals surface area (Å²) in [7, 11) is 0. The van der Waals surface area contributed by atoms with Gasteiger partial charge in [-0.2, -0.15) is 5.10 Å². The van der Waals surface area contributed by atoms with E-state index in [1.165, 1.54) is 61.4 Å². The van der Waals surface area contributed by atoms with E-state index in [1.807, 2.05) is 15.9 Å². The zero-order valence-electron chi connectivity index (χ0n) is 21.2. The summed E-state index contributed by atoms with van der Waals surface area (Å²) < 4.78 is 1.89. The maximum absolute atomic E-state index is 11.6. The fraction of sp³-hybridized carbons (Fsp3) is 0.519. The molecule has 3 N–H and O–H groups in total. The lowest BCUT2D eigenvalue weighted by Crippen LogP contribution is -2.46. The number of thiophene rings is 1. The van der Waals surface area contributed by atoms with Crippen molar-refractivity contribution < 1.29 is 4.79 Å². The second-order valence-electron chi connectivity index (χ2n) is 10.9. The van der Waals surface area contributed by atoms with Gasteiger partial charge in [0.15, 0.2) is 5.65 Å². The fourth-order valence-corrected chi connectivity index (χ4v) is 8.16. The number of primary amides is 1. The molecule has 2 fully saturated rings. The SMILES string of the molecule is Cc1c(-c2[nH]c3sc(C4C[C@H]5CC[C@@H](C4)N5CC(N)=O)c(C)c3c2C(C)C)cn2ncnc2c1C. The highest BCUT2D eigenvalue weighted by Gasteiger charge is 2.42. The molecular weight excluding hydrogens is 456 g/mol. The predicted octanol–water partition coefficient (Wildman–Crippen LogP) is 5.18. The maximum Gasteiger partial charge on any atom is 0.231 e. The number of fused-ring (bicyclic) bond motifs is 4. The van der Waals surface area contributed by atoms with Crippen LogP contribution in [-0.2, 0) is 4.79 Å². The number of nitrogens with two attached hydrogens (primary N) is 1. The van der Waals surface area contributed by atoms with Gasteiger partial charge in [0.2, 0.25) is 5.91 Å². The van der Waals surface area contributed by atoms with E-state index < -0.39 is 0 Å². The maximum atomic E-state index is 11.6. The number of aromatic amines is 1. The summed E-state index contributed by atoms with van der Waals surface area (Å²) in [4.78, 5) is 25.0. The number of aryl methyl sites for hydroxylation is 2. The number of nitrogens with one attached hydrogen (secondary N) is 1. The lowest BCUT2D eigenvalue weighted by molar-refractivity contribution is -0.120. The number of piperidine rings is 1. The van der Waals surface area contributed by atoms with Crippen molar-refractivity contribution in [1.82, 2.24) is 24.5 Å². The van der Waals surface area contributed by atoms with Crippen LogP contribution in [0.15, 0.2) is 12.5 Å². The Balaban J connectivity index is 1.43. The molecule has 0 aliphatic carbocycles. The van der Waals surface area contributed by atoms with Crippen LogP contribution in [0.2, 0.25) is 0 Å². The molecule has 0 aromatic carbocycles. The minimum atomic E-state index is -0.204. The lowest BCUT2D eigenvalue weighted by atomic mass is 9.86. The first-order valence-electron chi connectivity index (χ1n) is 12.7. The normalized spacial score (nSPS) is 22.7. The first kappa shape index (κ1) is 22.7. The molecule has 8 heteroatoms. The molecule has 0 saturated carbocycles. The summed E-state index contributed by atoms with van der Waals surface area (Å²) in [5, 5.41) is 5.82. The van der Waals surface area contributed by atoms with Gasteiger partial charge in [-0.05, 0) is 80.5 Å². The Morgan fingerprint density at radius 2 is 1.89 bits per heavy atom. The molecule has 7 nitrogen and oxygen atoms in total. The van der Waals surface area contributed by atoms with E-state index >= 15 is 0 Å². The quantitative estimate of drug-likeness (QED) is 0.403. The molecule has 35 heavy (non-hydrogen) atoms. The predicted molar refractivity (Wildman–Crippen MR) is 141 cm³/mol. The summed E-state index contributed by atoms with van der Waals surface area (Å²) in [5.41, 5.74) is 14.1. The van der Waals surface area contributed by atoms with Crippen LogP contribution in [-0.4, -0.2) is 49.0 Å². The van der Waals surface area contributed by atoms with Crippen LogP contribution in [0.4, 0.5) is 0 Å². The Morgan fingerprint density at radius 1 is 1.17 bits per heavy atom. The molecule has 2 aliphatic heterocycles. The van der Waals surface area contributed by atoms with Crippen LogP contribution in [0.1, 0.15) is 78.5 Å². The standard InChI is InChI=1S/C27H34N6OS/c1-13(2)22-23-16(5)25(17-8-18-6-7-19(9-17)32(18)11-21(28)34)35-27(23)31-24(22)20-10-33-26(29-12-30-33)15(4)14(20)3/h10,12-13,17-19,31H,6-9,11H2,1-5H3,(H2,28,34)/t17?,18-,19+. The Morgan fingerprint density at radius 3 is 2.54 bits per heavy atom. The van der Waals surface area contributed by atoms with Gasteiger partial charge >= 0.3 is 0 Å². The number of nitrogens with zero attached hydrogens (tertiary/aromatic N) is 4. The number of hydrogen-bond donors (Lipinski definition) is 2. The molecule has 184 valence electrons. The Hall–Kier alpha value is -2.71. The highest BCUT2D eigenvalue weighted by Crippen LogP contribution is 2.50. The van der Waals surface area contributed by atoms with E-state index in [4.69, 9.17) is 5.73 Å². The number of amides is 1. The second kappa shape index (κ2) is 8.17. The zero-order valence-corrected chi connectivity index (χ0v) is 22.0. The Bertz CT molecular complexity index is 1450. The largest absolute Gasteiger partial charge is 0.369 e. The summed E-state index contributed by atoms with van der Waals surface area (Å²) >= 11 is 1.94. The van der Waals surface area contributed by atoms with Crippen molar-refractivity contribution in [1.29, 1.82) is 0 Å². The molecule has 4 aromatic heterocycles. The van der Waals surface area contributed by atoms with Crippen molar-refractivity contribution in [2.45, 2.75) is 84.2 Å². The molecule has 1 unspecified atom stereocenters. The average Bonchev–Trinajstić information content (AvgIpc) is 3.53. The molecule has 2 bridgehead atoms. The number of carbonyl (C=O) groups is 1. The third kappa shape index (κ3) is 3.44. The topological polar surface area (TPSA) is 92.3 Å². The van der Waals surface area contributed by atoms with E-state index in [2.05, 4.69) is 60.8 Å². The fourth-order valence-electron chi connectivity index (χ4n) is 6.81. The van der Waals surface area contributed by atoms with Gasteiger partial charge in [0.05, 0.1) is 12.2 Å². The highest BCUT2D eigenvalue weighted by molar-refractivity contribution is 7.19. The minimum Gasteiger partial charge on any atom is -0.369 e. The third-order valence-electron chi connectivity index (χ3n) is 8.53. The summed E-state index contributed by atoms with van der Waals surface area (Å²) in [6, 6.07) is 0.956. The number of aromatic nitrogens is 4. The van der Waals surface area contributed by atoms with Crippen LogP contribution in [0.3, 0.4) is 0 Å². The van der Waals surface area contributed by atoms with Gasteiger partial charge in [-0.1, -0.05) is 13.8 Å². The number of H-pyrrole nitrogens is 1. The molecule has 3 atom stereocenters. The van der Waals surface area contributed by atoms with Crippen LogP contribution < -0.4 is 5.73 Å². The molecule has 4 aromatic rings. The molecule has 1 amide bonds. The van der Waals surface area contributed by atoms with Crippen molar-refractivity contribution in [2.24, 2.45) is 5.73 Å². The van der Waals surface area contributed by atoms with Gasteiger partial charge in [-0.25, -0.2) is 9.50 Å². The van der Waals surface area contributed by atoms with E-state index in [9.17, 15) is 4.79 Å². The number of pyridine rings is 1. The van der Waals surface area contributed by atoms with Gasteiger partial charge in [0.1, 0.15) is 11.2 Å². The van der Waals surface area contributed by atoms with Crippen LogP contribution in [0.5, 0.6) is 0 Å². The second-order valence-corrected chi connectivity index (χ2v) is 11.9. The number of rotatable bonds is 5. The molecule has 2 saturated heterocycles. The molecule has 2 aliphatic rings. The summed E-state index contributed by atoms with van der Waals surface area (Å²) in [6.45, 7) is 11.6. The number of hydrogen-bond acceptors (Lipinski definition) is 5. The van der Waals surface area contributed by atoms with Gasteiger partial charge in [-0.15, -0.1) is 11.3 Å². The Kier molecular flexibility index (Phi) is 5.30. The van der Waals surface area contributed by atoms with Gasteiger partial charge in [-0.3, -0.25) is 9.69 Å². The average molecular weight is 491 g/mol. The third-order valence-corrected chi connectivity index (χ3v) is 9.90. The van der Waals surface area contributed by atoms with Crippen molar-refractivity contribution in [3.05, 3.63) is 39.7 Å². The van der Waals surface area contributed by atoms with Crippen molar-refractivity contribution >= 4 is 33.1 Å². The minimum absolute atomic E-state index is 0.204. The van der Waals surface area contributed by atoms with Crippen LogP contribution in [0.25, 0.3) is 27.1 Å². The van der Waals surface area contributed by atoms with Gasteiger partial charge in [0.25, 0.3) is 0 Å². The van der Waals surface area contributed by atoms with Crippen LogP contribution >= 0.6 is 11.3 Å². The van der Waals surface area contributed by atoms with E-state index in [0.29, 0.717) is 30.5 Å². The smallest absolute Gasteiger partial charge is 0.231 e. The van der Waals surface area contributed by atoms with Gasteiger partial charge < -0.3 is 10.7 Å². The highest BCUT2D eigenvalue weighted by atomic mass is 32.1. The van der Waals surface area contributed by atoms with Crippen molar-refractivity contribution in [2.75, 3.05) is 6.54 Å². The van der Waals surface area contributed by atoms with E-state index in [1.54, 1.807) is 6.33 Å². The molecule has 0 radical (unpaired) electrons.